The number of amides is 1. The fourth-order valence-corrected chi connectivity index (χ4v) is 3.22. The van der Waals surface area contributed by atoms with E-state index in [1.54, 1.807) is 13.4 Å². The number of carbonyl (C=O) groups is 1. The number of hydrogen-bond donors (Lipinski definition) is 1. The molecule has 0 aliphatic carbocycles. The number of aryl methyl sites for hydroxylation is 1. The van der Waals surface area contributed by atoms with Crippen molar-refractivity contribution < 1.29 is 9.53 Å². The van der Waals surface area contributed by atoms with Gasteiger partial charge < -0.3 is 15.0 Å². The number of rotatable bonds is 4. The summed E-state index contributed by atoms with van der Waals surface area (Å²) in [5, 5.41) is 3.03. The van der Waals surface area contributed by atoms with E-state index in [1.807, 2.05) is 44.2 Å². The molecule has 0 bridgehead atoms. The third-order valence-corrected chi connectivity index (χ3v) is 4.69. The van der Waals surface area contributed by atoms with E-state index in [0.29, 0.717) is 6.54 Å². The van der Waals surface area contributed by atoms with Gasteiger partial charge in [0.05, 0.1) is 12.5 Å². The number of carbonyl (C=O) groups excluding carboxylic acids is 1. The van der Waals surface area contributed by atoms with Gasteiger partial charge in [0.2, 0.25) is 5.91 Å². The predicted molar refractivity (Wildman–Crippen MR) is 97.9 cm³/mol. The third kappa shape index (κ3) is 3.90. The molecule has 2 aromatic rings. The number of benzene rings is 1. The highest BCUT2D eigenvalue weighted by atomic mass is 16.5. The van der Waals surface area contributed by atoms with Crippen LogP contribution in [0.5, 0.6) is 5.75 Å². The highest BCUT2D eigenvalue weighted by Crippen LogP contribution is 2.33. The van der Waals surface area contributed by atoms with Crippen LogP contribution in [0.3, 0.4) is 0 Å². The topological polar surface area (TPSA) is 67.3 Å². The second kappa shape index (κ2) is 7.09. The van der Waals surface area contributed by atoms with E-state index < -0.39 is 5.41 Å². The van der Waals surface area contributed by atoms with Gasteiger partial charge in [0.25, 0.3) is 0 Å². The van der Waals surface area contributed by atoms with Crippen LogP contribution in [0.1, 0.15) is 25.5 Å². The molecule has 1 aromatic carbocycles. The van der Waals surface area contributed by atoms with Crippen molar-refractivity contribution in [3.63, 3.8) is 0 Å². The zero-order valence-corrected chi connectivity index (χ0v) is 15.0. The molecule has 0 saturated carbocycles. The fourth-order valence-electron chi connectivity index (χ4n) is 3.22. The Balaban J connectivity index is 1.74. The van der Waals surface area contributed by atoms with E-state index >= 15 is 0 Å². The fraction of sp³-hybridized carbons (Fsp3) is 0.421. The van der Waals surface area contributed by atoms with Gasteiger partial charge in [-0.05, 0) is 38.8 Å². The molecule has 1 atom stereocenters. The smallest absolute Gasteiger partial charge is 0.232 e. The van der Waals surface area contributed by atoms with Crippen molar-refractivity contribution in [2.24, 2.45) is 5.41 Å². The molecule has 1 saturated heterocycles. The van der Waals surface area contributed by atoms with Crippen LogP contribution in [-0.2, 0) is 4.79 Å². The summed E-state index contributed by atoms with van der Waals surface area (Å²) < 4.78 is 5.22. The van der Waals surface area contributed by atoms with Crippen molar-refractivity contribution in [1.82, 2.24) is 9.97 Å². The first kappa shape index (κ1) is 17.2. The quantitative estimate of drug-likeness (QED) is 0.926. The molecule has 0 radical (unpaired) electrons. The molecule has 2 heterocycles. The maximum atomic E-state index is 12.9. The lowest BCUT2D eigenvalue weighted by Gasteiger charge is -2.39. The summed E-state index contributed by atoms with van der Waals surface area (Å²) >= 11 is 0. The number of hydrogen-bond acceptors (Lipinski definition) is 5. The summed E-state index contributed by atoms with van der Waals surface area (Å²) in [7, 11) is 1.62. The molecular weight excluding hydrogens is 316 g/mol. The molecule has 1 aliphatic rings. The first-order valence-electron chi connectivity index (χ1n) is 8.49. The van der Waals surface area contributed by atoms with Crippen LogP contribution in [0, 0.1) is 12.3 Å². The van der Waals surface area contributed by atoms with Gasteiger partial charge in [-0.25, -0.2) is 9.97 Å². The van der Waals surface area contributed by atoms with E-state index in [4.69, 9.17) is 4.74 Å². The summed E-state index contributed by atoms with van der Waals surface area (Å²) in [5.74, 6) is 1.63. The molecular formula is C19H24N4O2. The summed E-state index contributed by atoms with van der Waals surface area (Å²) in [4.78, 5) is 23.6. The van der Waals surface area contributed by atoms with Gasteiger partial charge in [0.1, 0.15) is 17.9 Å². The molecule has 0 unspecified atom stereocenters. The first-order valence-corrected chi connectivity index (χ1v) is 8.49. The number of nitrogens with one attached hydrogen (secondary N) is 1. The van der Waals surface area contributed by atoms with Gasteiger partial charge in [-0.1, -0.05) is 6.07 Å². The Hall–Kier alpha value is -2.63. The molecule has 0 spiro atoms. The predicted octanol–water partition coefficient (Wildman–Crippen LogP) is 3.04. The van der Waals surface area contributed by atoms with Gasteiger partial charge in [0.15, 0.2) is 0 Å². The minimum absolute atomic E-state index is 0.0243. The molecule has 1 fully saturated rings. The highest BCUT2D eigenvalue weighted by molar-refractivity contribution is 5.95. The SMILES string of the molecule is COc1cccc(NC(=O)[C@@]2(C)CCCN(c3cc(C)ncn3)C2)c1. The molecule has 6 nitrogen and oxygen atoms in total. The average molecular weight is 340 g/mol. The first-order chi connectivity index (χ1) is 12.0. The standard InChI is InChI=1S/C19H24N4O2/c1-14-10-17(21-13-20-14)23-9-5-8-19(2,12-23)18(24)22-15-6-4-7-16(11-15)25-3/h4,6-7,10-11,13H,5,8-9,12H2,1-3H3,(H,22,24)/t19-/m0/s1. The number of anilines is 2. The number of piperidine rings is 1. The highest BCUT2D eigenvalue weighted by Gasteiger charge is 2.38. The van der Waals surface area contributed by atoms with Crippen LogP contribution in [0.4, 0.5) is 11.5 Å². The Kier molecular flexibility index (Phi) is 4.88. The van der Waals surface area contributed by atoms with Gasteiger partial charge >= 0.3 is 0 Å². The number of nitrogens with zero attached hydrogens (tertiary/aromatic N) is 3. The van der Waals surface area contributed by atoms with E-state index in [2.05, 4.69) is 20.2 Å². The van der Waals surface area contributed by atoms with Crippen molar-refractivity contribution in [3.8, 4) is 5.75 Å². The molecule has 25 heavy (non-hydrogen) atoms. The second-order valence-electron chi connectivity index (χ2n) is 6.79. The van der Waals surface area contributed by atoms with Gasteiger partial charge in [0, 0.05) is 36.6 Å². The van der Waals surface area contributed by atoms with Crippen LogP contribution in [0.15, 0.2) is 36.7 Å². The van der Waals surface area contributed by atoms with E-state index in [1.165, 1.54) is 0 Å². The molecule has 1 aromatic heterocycles. The normalized spacial score (nSPS) is 20.2. The molecule has 132 valence electrons. The van der Waals surface area contributed by atoms with Crippen molar-refractivity contribution in [2.45, 2.75) is 26.7 Å². The Morgan fingerprint density at radius 2 is 2.16 bits per heavy atom. The maximum Gasteiger partial charge on any atom is 0.232 e. The Morgan fingerprint density at radius 3 is 2.92 bits per heavy atom. The Bertz CT molecular complexity index is 765. The van der Waals surface area contributed by atoms with Gasteiger partial charge in [-0.15, -0.1) is 0 Å². The minimum Gasteiger partial charge on any atom is -0.497 e. The van der Waals surface area contributed by atoms with Crippen molar-refractivity contribution >= 4 is 17.4 Å². The average Bonchev–Trinajstić information content (AvgIpc) is 2.62. The maximum absolute atomic E-state index is 12.9. The lowest BCUT2D eigenvalue weighted by molar-refractivity contribution is -0.125. The van der Waals surface area contributed by atoms with E-state index in [-0.39, 0.29) is 5.91 Å². The van der Waals surface area contributed by atoms with Crippen LogP contribution in [0.25, 0.3) is 0 Å². The monoisotopic (exact) mass is 340 g/mol. The molecule has 3 rings (SSSR count). The number of aromatic nitrogens is 2. The molecule has 1 amide bonds. The number of ether oxygens (including phenoxy) is 1. The minimum atomic E-state index is -0.472. The summed E-state index contributed by atoms with van der Waals surface area (Å²) in [6.07, 6.45) is 3.38. The molecule has 1 N–H and O–H groups in total. The van der Waals surface area contributed by atoms with Crippen LogP contribution in [-0.4, -0.2) is 36.1 Å². The van der Waals surface area contributed by atoms with Crippen molar-refractivity contribution in [1.29, 1.82) is 0 Å². The van der Waals surface area contributed by atoms with Crippen molar-refractivity contribution in [2.75, 3.05) is 30.4 Å². The zero-order chi connectivity index (χ0) is 17.9. The zero-order valence-electron chi connectivity index (χ0n) is 15.0. The summed E-state index contributed by atoms with van der Waals surface area (Å²) in [5.41, 5.74) is 1.21. The second-order valence-corrected chi connectivity index (χ2v) is 6.79. The third-order valence-electron chi connectivity index (χ3n) is 4.69. The summed E-state index contributed by atoms with van der Waals surface area (Å²) in [6, 6.07) is 9.39. The number of methoxy groups -OCH3 is 1. The summed E-state index contributed by atoms with van der Waals surface area (Å²) in [6.45, 7) is 5.50. The van der Waals surface area contributed by atoms with Crippen LogP contribution < -0.4 is 15.0 Å². The lowest BCUT2D eigenvalue weighted by Crippen LogP contribution is -2.48. The largest absolute Gasteiger partial charge is 0.497 e. The molecule has 1 aliphatic heterocycles. The van der Waals surface area contributed by atoms with E-state index in [9.17, 15) is 4.79 Å². The van der Waals surface area contributed by atoms with Crippen LogP contribution >= 0.6 is 0 Å². The van der Waals surface area contributed by atoms with Gasteiger partial charge in [-0.3, -0.25) is 4.79 Å². The van der Waals surface area contributed by atoms with Crippen molar-refractivity contribution in [3.05, 3.63) is 42.4 Å². The van der Waals surface area contributed by atoms with Crippen LogP contribution in [0.2, 0.25) is 0 Å². The Labute approximate surface area is 148 Å². The lowest BCUT2D eigenvalue weighted by atomic mass is 9.81. The van der Waals surface area contributed by atoms with E-state index in [0.717, 1.165) is 42.3 Å². The van der Waals surface area contributed by atoms with Gasteiger partial charge in [-0.2, -0.15) is 0 Å². The molecule has 6 heteroatoms. The Morgan fingerprint density at radius 1 is 1.32 bits per heavy atom.